The molecule has 0 radical (unpaired) electrons. The molecule has 2 N–H and O–H groups in total. The lowest BCUT2D eigenvalue weighted by molar-refractivity contribution is 0.321. The number of nitrogens with zero attached hydrogens (tertiary/aromatic N) is 1. The Morgan fingerprint density at radius 1 is 1.62 bits per heavy atom. The fraction of sp³-hybridized carbons (Fsp3) is 0.364. The first kappa shape index (κ1) is 12.6. The molecule has 88 valence electrons. The lowest BCUT2D eigenvalue weighted by atomic mass is 10.1. The third-order valence-electron chi connectivity index (χ3n) is 2.26. The van der Waals surface area contributed by atoms with E-state index in [1.165, 1.54) is 6.21 Å². The van der Waals surface area contributed by atoms with Crippen molar-refractivity contribution in [3.05, 3.63) is 22.2 Å². The first-order chi connectivity index (χ1) is 7.65. The molecule has 1 rings (SSSR count). The van der Waals surface area contributed by atoms with Crippen molar-refractivity contribution in [2.24, 2.45) is 5.16 Å². The summed E-state index contributed by atoms with van der Waals surface area (Å²) in [5, 5.41) is 15.1. The van der Waals surface area contributed by atoms with E-state index in [4.69, 9.17) is 21.5 Å². The van der Waals surface area contributed by atoms with Crippen LogP contribution < -0.4 is 10.1 Å². The molecule has 0 aliphatic rings. The summed E-state index contributed by atoms with van der Waals surface area (Å²) in [4.78, 5) is 0. The second-order valence-electron chi connectivity index (χ2n) is 3.20. The van der Waals surface area contributed by atoms with Gasteiger partial charge in [-0.25, -0.2) is 0 Å². The van der Waals surface area contributed by atoms with Gasteiger partial charge in [-0.15, -0.1) is 0 Å². The normalized spacial score (nSPS) is 10.8. The average molecular weight is 243 g/mol. The van der Waals surface area contributed by atoms with Crippen LogP contribution in [0.3, 0.4) is 0 Å². The Bertz CT molecular complexity index is 405. The lowest BCUT2D eigenvalue weighted by Crippen LogP contribution is -2.03. The van der Waals surface area contributed by atoms with Crippen LogP contribution in [-0.4, -0.2) is 25.1 Å². The minimum Gasteiger partial charge on any atom is -0.491 e. The summed E-state index contributed by atoms with van der Waals surface area (Å²) in [6, 6.07) is 1.75. The molecule has 16 heavy (non-hydrogen) atoms. The van der Waals surface area contributed by atoms with Crippen molar-refractivity contribution in [2.45, 2.75) is 13.8 Å². The van der Waals surface area contributed by atoms with Crippen LogP contribution in [0.15, 0.2) is 11.2 Å². The lowest BCUT2D eigenvalue weighted by Gasteiger charge is -2.15. The quantitative estimate of drug-likeness (QED) is 0.485. The Hall–Kier alpha value is -1.42. The van der Waals surface area contributed by atoms with E-state index in [0.29, 0.717) is 17.2 Å². The highest BCUT2D eigenvalue weighted by molar-refractivity contribution is 6.33. The third-order valence-corrected chi connectivity index (χ3v) is 2.58. The fourth-order valence-corrected chi connectivity index (χ4v) is 1.81. The second-order valence-corrected chi connectivity index (χ2v) is 3.61. The first-order valence-corrected chi connectivity index (χ1v) is 5.34. The molecule has 5 heteroatoms. The Kier molecular flexibility index (Phi) is 4.43. The van der Waals surface area contributed by atoms with Crippen molar-refractivity contribution >= 4 is 23.5 Å². The monoisotopic (exact) mass is 242 g/mol. The summed E-state index contributed by atoms with van der Waals surface area (Å²) in [6.07, 6.45) is 1.31. The van der Waals surface area contributed by atoms with Crippen LogP contribution in [0.5, 0.6) is 5.75 Å². The van der Waals surface area contributed by atoms with Crippen molar-refractivity contribution in [1.29, 1.82) is 0 Å². The van der Waals surface area contributed by atoms with Gasteiger partial charge >= 0.3 is 0 Å². The number of oxime groups is 1. The number of hydrogen-bond acceptors (Lipinski definition) is 4. The molecular formula is C11H15ClN2O2. The maximum Gasteiger partial charge on any atom is 0.146 e. The van der Waals surface area contributed by atoms with E-state index in [0.717, 1.165) is 17.0 Å². The second kappa shape index (κ2) is 5.61. The molecule has 0 saturated carbocycles. The van der Waals surface area contributed by atoms with Gasteiger partial charge in [-0.05, 0) is 19.9 Å². The Morgan fingerprint density at radius 3 is 2.81 bits per heavy atom. The molecule has 0 fully saturated rings. The van der Waals surface area contributed by atoms with Crippen molar-refractivity contribution in [2.75, 3.05) is 19.0 Å². The molecule has 0 aliphatic carbocycles. The van der Waals surface area contributed by atoms with Crippen LogP contribution in [0, 0.1) is 6.92 Å². The summed E-state index contributed by atoms with van der Waals surface area (Å²) in [5.41, 5.74) is 2.32. The molecule has 4 nitrogen and oxygen atoms in total. The number of benzene rings is 1. The zero-order chi connectivity index (χ0) is 12.1. The van der Waals surface area contributed by atoms with E-state index in [2.05, 4.69) is 10.5 Å². The average Bonchev–Trinajstić information content (AvgIpc) is 2.28. The van der Waals surface area contributed by atoms with E-state index in [1.807, 2.05) is 13.8 Å². The van der Waals surface area contributed by atoms with Crippen molar-refractivity contribution in [3.63, 3.8) is 0 Å². The molecule has 1 aromatic rings. The maximum atomic E-state index is 8.57. The topological polar surface area (TPSA) is 53.8 Å². The molecule has 0 spiro atoms. The number of rotatable bonds is 4. The molecule has 0 heterocycles. The molecule has 0 saturated heterocycles. The predicted octanol–water partition coefficient (Wildman–Crippen LogP) is 2.90. The maximum absolute atomic E-state index is 8.57. The molecule has 0 amide bonds. The van der Waals surface area contributed by atoms with Gasteiger partial charge in [0.25, 0.3) is 0 Å². The summed E-state index contributed by atoms with van der Waals surface area (Å²) >= 11 is 6.07. The molecule has 0 aromatic heterocycles. The van der Waals surface area contributed by atoms with Gasteiger partial charge in [-0.2, -0.15) is 0 Å². The van der Waals surface area contributed by atoms with Crippen molar-refractivity contribution in [1.82, 2.24) is 0 Å². The first-order valence-electron chi connectivity index (χ1n) is 4.96. The van der Waals surface area contributed by atoms with Gasteiger partial charge in [-0.1, -0.05) is 16.8 Å². The van der Waals surface area contributed by atoms with E-state index in [9.17, 15) is 0 Å². The number of hydrogen-bond donors (Lipinski definition) is 2. The summed E-state index contributed by atoms with van der Waals surface area (Å²) in [6.45, 7) is 4.34. The van der Waals surface area contributed by atoms with Crippen LogP contribution in [-0.2, 0) is 0 Å². The van der Waals surface area contributed by atoms with Crippen molar-refractivity contribution in [3.8, 4) is 5.75 Å². The highest BCUT2D eigenvalue weighted by Crippen LogP contribution is 2.35. The van der Waals surface area contributed by atoms with Gasteiger partial charge in [0.15, 0.2) is 0 Å². The largest absolute Gasteiger partial charge is 0.491 e. The summed E-state index contributed by atoms with van der Waals surface area (Å²) in [7, 11) is 1.80. The number of nitrogens with one attached hydrogen (secondary N) is 1. The number of ether oxygens (including phenoxy) is 1. The zero-order valence-corrected chi connectivity index (χ0v) is 10.3. The standard InChI is InChI=1S/C11H15ClN2O2/c1-4-16-11-7(2)8(6-14-15)9(12)5-10(11)13-3/h5-6,13,15H,4H2,1-3H3. The highest BCUT2D eigenvalue weighted by atomic mass is 35.5. The zero-order valence-electron chi connectivity index (χ0n) is 9.54. The van der Waals surface area contributed by atoms with E-state index in [1.54, 1.807) is 13.1 Å². The third kappa shape index (κ3) is 2.39. The summed E-state index contributed by atoms with van der Waals surface area (Å²) < 4.78 is 5.54. The van der Waals surface area contributed by atoms with Gasteiger partial charge in [-0.3, -0.25) is 0 Å². The van der Waals surface area contributed by atoms with Gasteiger partial charge in [0, 0.05) is 18.2 Å². The predicted molar refractivity (Wildman–Crippen MR) is 66.3 cm³/mol. The van der Waals surface area contributed by atoms with E-state index in [-0.39, 0.29) is 0 Å². The molecule has 0 atom stereocenters. The van der Waals surface area contributed by atoms with Gasteiger partial charge in [0.1, 0.15) is 5.75 Å². The van der Waals surface area contributed by atoms with E-state index >= 15 is 0 Å². The fourth-order valence-electron chi connectivity index (χ4n) is 1.51. The minimum absolute atomic E-state index is 0.517. The molecule has 0 bridgehead atoms. The highest BCUT2D eigenvalue weighted by Gasteiger charge is 2.13. The van der Waals surface area contributed by atoms with Crippen LogP contribution in [0.2, 0.25) is 5.02 Å². The van der Waals surface area contributed by atoms with Crippen LogP contribution >= 0.6 is 11.6 Å². The SMILES string of the molecule is CCOc1c(NC)cc(Cl)c(C=NO)c1C. The van der Waals surface area contributed by atoms with Gasteiger partial charge in [0.2, 0.25) is 0 Å². The molecule has 0 aliphatic heterocycles. The van der Waals surface area contributed by atoms with E-state index < -0.39 is 0 Å². The minimum atomic E-state index is 0.517. The van der Waals surface area contributed by atoms with Gasteiger partial charge in [0.05, 0.1) is 23.5 Å². The van der Waals surface area contributed by atoms with Gasteiger partial charge < -0.3 is 15.3 Å². The van der Waals surface area contributed by atoms with Crippen LogP contribution in [0.25, 0.3) is 0 Å². The van der Waals surface area contributed by atoms with Crippen LogP contribution in [0.4, 0.5) is 5.69 Å². The smallest absolute Gasteiger partial charge is 0.146 e. The number of halogens is 1. The molecular weight excluding hydrogens is 228 g/mol. The Morgan fingerprint density at radius 2 is 2.31 bits per heavy atom. The Balaban J connectivity index is 3.38. The Labute approximate surface area is 99.9 Å². The molecule has 0 unspecified atom stereocenters. The van der Waals surface area contributed by atoms with Crippen LogP contribution in [0.1, 0.15) is 18.1 Å². The summed E-state index contributed by atoms with van der Waals surface area (Å²) in [5.74, 6) is 0.726. The van der Waals surface area contributed by atoms with Crippen molar-refractivity contribution < 1.29 is 9.94 Å². The number of anilines is 1. The molecule has 1 aromatic carbocycles.